The minimum absolute atomic E-state index is 0.172. The van der Waals surface area contributed by atoms with E-state index in [0.29, 0.717) is 29.0 Å². The number of fused-ring (bicyclic) bond motifs is 1. The van der Waals surface area contributed by atoms with E-state index in [1.54, 1.807) is 24.1 Å². The first kappa shape index (κ1) is 20.8. The Labute approximate surface area is 177 Å². The summed E-state index contributed by atoms with van der Waals surface area (Å²) in [5.74, 6) is -0.159. The fraction of sp³-hybridized carbons (Fsp3) is 0.364. The topological polar surface area (TPSA) is 86.4 Å². The Balaban J connectivity index is 1.61. The lowest BCUT2D eigenvalue weighted by Gasteiger charge is -2.35. The van der Waals surface area contributed by atoms with Gasteiger partial charge in [-0.25, -0.2) is 14.2 Å². The second-order valence-corrected chi connectivity index (χ2v) is 7.65. The van der Waals surface area contributed by atoms with Crippen LogP contribution in [0, 0.1) is 5.82 Å². The molecule has 0 N–H and O–H groups in total. The van der Waals surface area contributed by atoms with E-state index < -0.39 is 11.2 Å². The van der Waals surface area contributed by atoms with Gasteiger partial charge in [-0.1, -0.05) is 0 Å². The van der Waals surface area contributed by atoms with Crippen LogP contribution in [0.15, 0.2) is 46.0 Å². The van der Waals surface area contributed by atoms with E-state index in [9.17, 15) is 18.8 Å². The molecule has 31 heavy (non-hydrogen) atoms. The summed E-state index contributed by atoms with van der Waals surface area (Å²) < 4.78 is 21.0. The van der Waals surface area contributed by atoms with Crippen LogP contribution in [0.4, 0.5) is 4.39 Å². The van der Waals surface area contributed by atoms with Gasteiger partial charge in [0, 0.05) is 20.6 Å². The molecule has 1 amide bonds. The Bertz CT molecular complexity index is 1250. The maximum atomic E-state index is 13.0. The average molecular weight is 426 g/mol. The number of ether oxygens (including phenoxy) is 1. The van der Waals surface area contributed by atoms with Gasteiger partial charge in [0.05, 0.1) is 17.1 Å². The van der Waals surface area contributed by atoms with Crippen LogP contribution in [0.1, 0.15) is 31.0 Å². The molecule has 9 heteroatoms. The smallest absolute Gasteiger partial charge is 0.332 e. The zero-order valence-electron chi connectivity index (χ0n) is 17.4. The molecule has 0 unspecified atom stereocenters. The summed E-state index contributed by atoms with van der Waals surface area (Å²) in [5.41, 5.74) is 0.0737. The third-order valence-electron chi connectivity index (χ3n) is 5.66. The van der Waals surface area contributed by atoms with Crippen molar-refractivity contribution in [3.8, 4) is 5.75 Å². The molecule has 0 saturated carbocycles. The first-order valence-corrected chi connectivity index (χ1v) is 10.1. The van der Waals surface area contributed by atoms with Crippen LogP contribution >= 0.6 is 0 Å². The number of rotatable bonds is 4. The SMILES string of the molecule is Cn1c(=O)c2ccc([C@H]3CCCCN3C(=O)COc3ccc(F)cc3)nc2n(C)c1=O. The predicted octanol–water partition coefficient (Wildman–Crippen LogP) is 1.90. The van der Waals surface area contributed by atoms with Crippen LogP contribution in [0.5, 0.6) is 5.75 Å². The van der Waals surface area contributed by atoms with Gasteiger partial charge in [-0.2, -0.15) is 0 Å². The molecule has 1 atom stereocenters. The van der Waals surface area contributed by atoms with Gasteiger partial charge in [-0.05, 0) is 55.7 Å². The molecule has 1 aliphatic rings. The van der Waals surface area contributed by atoms with E-state index in [2.05, 4.69) is 4.98 Å². The lowest BCUT2D eigenvalue weighted by Crippen LogP contribution is -2.41. The maximum Gasteiger partial charge on any atom is 0.332 e. The first-order chi connectivity index (χ1) is 14.9. The quantitative estimate of drug-likeness (QED) is 0.636. The minimum atomic E-state index is -0.452. The van der Waals surface area contributed by atoms with Crippen molar-refractivity contribution in [1.82, 2.24) is 19.0 Å². The first-order valence-electron chi connectivity index (χ1n) is 10.1. The summed E-state index contributed by atoms with van der Waals surface area (Å²) in [6, 6.07) is 8.62. The van der Waals surface area contributed by atoms with Crippen LogP contribution < -0.4 is 16.0 Å². The number of likely N-dealkylation sites (tertiary alicyclic amines) is 1. The molecule has 4 rings (SSSR count). The Morgan fingerprint density at radius 3 is 2.58 bits per heavy atom. The molecule has 0 aliphatic carbocycles. The number of pyridine rings is 1. The second kappa shape index (κ2) is 8.33. The van der Waals surface area contributed by atoms with Crippen molar-refractivity contribution in [2.75, 3.05) is 13.2 Å². The van der Waals surface area contributed by atoms with Gasteiger partial charge in [0.15, 0.2) is 6.61 Å². The van der Waals surface area contributed by atoms with Crippen molar-refractivity contribution in [2.45, 2.75) is 25.3 Å². The van der Waals surface area contributed by atoms with Gasteiger partial charge in [-0.3, -0.25) is 18.7 Å². The summed E-state index contributed by atoms with van der Waals surface area (Å²) in [7, 11) is 3.00. The fourth-order valence-electron chi connectivity index (χ4n) is 3.95. The number of carbonyl (C=O) groups is 1. The number of benzene rings is 1. The zero-order chi connectivity index (χ0) is 22.1. The number of nitrogens with zero attached hydrogens (tertiary/aromatic N) is 4. The van der Waals surface area contributed by atoms with Crippen LogP contribution in [-0.4, -0.2) is 38.1 Å². The van der Waals surface area contributed by atoms with Crippen molar-refractivity contribution < 1.29 is 13.9 Å². The number of piperidine rings is 1. The summed E-state index contributed by atoms with van der Waals surface area (Å²) in [5, 5.41) is 0.349. The molecule has 1 aromatic carbocycles. The van der Waals surface area contributed by atoms with E-state index in [-0.39, 0.29) is 24.4 Å². The molecule has 1 aliphatic heterocycles. The molecule has 8 nitrogen and oxygen atoms in total. The lowest BCUT2D eigenvalue weighted by molar-refractivity contribution is -0.137. The lowest BCUT2D eigenvalue weighted by atomic mass is 9.98. The highest BCUT2D eigenvalue weighted by atomic mass is 19.1. The molecule has 0 bridgehead atoms. The van der Waals surface area contributed by atoms with Gasteiger partial charge in [0.1, 0.15) is 17.2 Å². The summed E-state index contributed by atoms with van der Waals surface area (Å²) in [6.45, 7) is 0.389. The van der Waals surface area contributed by atoms with Crippen LogP contribution in [-0.2, 0) is 18.9 Å². The third kappa shape index (κ3) is 3.95. The number of carbonyl (C=O) groups excluding carboxylic acids is 1. The number of halogens is 1. The third-order valence-corrected chi connectivity index (χ3v) is 5.66. The molecule has 1 fully saturated rings. The van der Waals surface area contributed by atoms with Crippen molar-refractivity contribution >= 4 is 16.9 Å². The predicted molar refractivity (Wildman–Crippen MR) is 112 cm³/mol. The highest BCUT2D eigenvalue weighted by Crippen LogP contribution is 2.30. The zero-order valence-corrected chi connectivity index (χ0v) is 17.4. The summed E-state index contributed by atoms with van der Waals surface area (Å²) in [6.07, 6.45) is 2.52. The molecule has 3 heterocycles. The van der Waals surface area contributed by atoms with Crippen molar-refractivity contribution in [3.05, 3.63) is 68.7 Å². The molecular weight excluding hydrogens is 403 g/mol. The number of aryl methyl sites for hydroxylation is 1. The Morgan fingerprint density at radius 1 is 1.10 bits per heavy atom. The van der Waals surface area contributed by atoms with Gasteiger partial charge < -0.3 is 9.64 Å². The monoisotopic (exact) mass is 426 g/mol. The molecule has 162 valence electrons. The average Bonchev–Trinajstić information content (AvgIpc) is 2.80. The second-order valence-electron chi connectivity index (χ2n) is 7.65. The van der Waals surface area contributed by atoms with E-state index >= 15 is 0 Å². The Kier molecular flexibility index (Phi) is 5.58. The summed E-state index contributed by atoms with van der Waals surface area (Å²) in [4.78, 5) is 43.9. The van der Waals surface area contributed by atoms with Gasteiger partial charge in [-0.15, -0.1) is 0 Å². The van der Waals surface area contributed by atoms with Crippen molar-refractivity contribution in [3.63, 3.8) is 0 Å². The van der Waals surface area contributed by atoms with Crippen LogP contribution in [0.2, 0.25) is 0 Å². The normalized spacial score (nSPS) is 16.5. The van der Waals surface area contributed by atoms with E-state index in [4.69, 9.17) is 4.74 Å². The number of aromatic nitrogens is 3. The van der Waals surface area contributed by atoms with Crippen LogP contribution in [0.3, 0.4) is 0 Å². The minimum Gasteiger partial charge on any atom is -0.484 e. The molecule has 0 spiro atoms. The molecule has 1 saturated heterocycles. The van der Waals surface area contributed by atoms with E-state index in [1.807, 2.05) is 0 Å². The number of hydrogen-bond donors (Lipinski definition) is 0. The Hall–Kier alpha value is -3.49. The maximum absolute atomic E-state index is 13.0. The van der Waals surface area contributed by atoms with E-state index in [0.717, 1.165) is 23.8 Å². The molecular formula is C22H23FN4O4. The van der Waals surface area contributed by atoms with Gasteiger partial charge in [0.25, 0.3) is 11.5 Å². The van der Waals surface area contributed by atoms with Crippen molar-refractivity contribution in [1.29, 1.82) is 0 Å². The molecule has 2 aromatic heterocycles. The van der Waals surface area contributed by atoms with E-state index in [1.165, 1.54) is 35.9 Å². The van der Waals surface area contributed by atoms with Gasteiger partial charge >= 0.3 is 5.69 Å². The number of hydrogen-bond acceptors (Lipinski definition) is 5. The number of amides is 1. The van der Waals surface area contributed by atoms with Gasteiger partial charge in [0.2, 0.25) is 0 Å². The van der Waals surface area contributed by atoms with Crippen molar-refractivity contribution in [2.24, 2.45) is 14.1 Å². The highest BCUT2D eigenvalue weighted by molar-refractivity contribution is 5.79. The summed E-state index contributed by atoms with van der Waals surface area (Å²) >= 11 is 0. The van der Waals surface area contributed by atoms with Crippen LogP contribution in [0.25, 0.3) is 11.0 Å². The molecule has 3 aromatic rings. The molecule has 0 radical (unpaired) electrons. The highest BCUT2D eigenvalue weighted by Gasteiger charge is 2.29. The fourth-order valence-corrected chi connectivity index (χ4v) is 3.95. The Morgan fingerprint density at radius 2 is 1.84 bits per heavy atom. The largest absolute Gasteiger partial charge is 0.484 e. The standard InChI is InChI=1S/C22H23FN4O4/c1-25-20-16(21(29)26(2)22(25)30)10-11-17(24-20)18-5-3-4-12-27(18)19(28)13-31-15-8-6-14(23)7-9-15/h6-11,18H,3-5,12-13H2,1-2H3/t18-/m1/s1.